The summed E-state index contributed by atoms with van der Waals surface area (Å²) in [5.74, 6) is -0.142. The number of aromatic nitrogens is 4. The van der Waals surface area contributed by atoms with Crippen LogP contribution in [0, 0.1) is 0 Å². The fourth-order valence-electron chi connectivity index (χ4n) is 2.28. The van der Waals surface area contributed by atoms with E-state index in [4.69, 9.17) is 0 Å². The zero-order chi connectivity index (χ0) is 16.9. The molecule has 1 amide bonds. The molecular formula is C17H17N5OS. The molecule has 7 heteroatoms. The van der Waals surface area contributed by atoms with Crippen LogP contribution in [0.2, 0.25) is 0 Å². The van der Waals surface area contributed by atoms with Gasteiger partial charge < -0.3 is 5.32 Å². The molecule has 3 rings (SSSR count). The zero-order valence-corrected chi connectivity index (χ0v) is 14.2. The first-order valence-electron chi connectivity index (χ1n) is 7.54. The van der Waals surface area contributed by atoms with E-state index in [1.165, 1.54) is 17.3 Å². The van der Waals surface area contributed by atoms with E-state index in [2.05, 4.69) is 27.8 Å². The molecule has 0 radical (unpaired) electrons. The van der Waals surface area contributed by atoms with Crippen molar-refractivity contribution in [1.29, 1.82) is 0 Å². The number of nitrogens with zero attached hydrogens (tertiary/aromatic N) is 4. The second-order valence-corrected chi connectivity index (χ2v) is 5.91. The second kappa shape index (κ2) is 7.27. The molecule has 24 heavy (non-hydrogen) atoms. The monoisotopic (exact) mass is 339 g/mol. The average Bonchev–Trinajstić information content (AvgIpc) is 3.11. The minimum absolute atomic E-state index is 0.142. The maximum Gasteiger partial charge on any atom is 0.255 e. The standard InChI is InChI=1S/C17H17N5OS/c1-3-12-7-9-13(10-8-12)16(23)18-14-5-4-6-15(11-14)22-17(24-2)19-20-21-22/h4-11H,3H2,1-2H3,(H,18,23). The number of carbonyl (C=O) groups is 1. The van der Waals surface area contributed by atoms with Crippen molar-refractivity contribution >= 4 is 23.4 Å². The first kappa shape index (κ1) is 16.2. The number of anilines is 1. The number of rotatable bonds is 5. The number of tetrazole rings is 1. The molecule has 2 aromatic carbocycles. The maximum atomic E-state index is 12.4. The Labute approximate surface area is 144 Å². The van der Waals surface area contributed by atoms with Crippen molar-refractivity contribution < 1.29 is 4.79 Å². The van der Waals surface area contributed by atoms with Gasteiger partial charge in [0.05, 0.1) is 5.69 Å². The molecule has 122 valence electrons. The number of thioether (sulfide) groups is 1. The Morgan fingerprint density at radius 2 is 2.00 bits per heavy atom. The van der Waals surface area contributed by atoms with Gasteiger partial charge in [0.1, 0.15) is 0 Å². The highest BCUT2D eigenvalue weighted by molar-refractivity contribution is 7.98. The molecule has 0 saturated heterocycles. The van der Waals surface area contributed by atoms with Crippen molar-refractivity contribution in [3.8, 4) is 5.69 Å². The van der Waals surface area contributed by atoms with Crippen LogP contribution in [0.25, 0.3) is 5.69 Å². The van der Waals surface area contributed by atoms with Gasteiger partial charge in [-0.1, -0.05) is 36.9 Å². The van der Waals surface area contributed by atoms with Gasteiger partial charge in [-0.05, 0) is 59.0 Å². The predicted molar refractivity (Wildman–Crippen MR) is 94.7 cm³/mol. The summed E-state index contributed by atoms with van der Waals surface area (Å²) in [6.45, 7) is 2.09. The quantitative estimate of drug-likeness (QED) is 0.723. The number of aryl methyl sites for hydroxylation is 1. The summed E-state index contributed by atoms with van der Waals surface area (Å²) in [6.07, 6.45) is 2.86. The Balaban J connectivity index is 1.80. The van der Waals surface area contributed by atoms with E-state index in [9.17, 15) is 4.79 Å². The first-order valence-corrected chi connectivity index (χ1v) is 8.77. The summed E-state index contributed by atoms with van der Waals surface area (Å²) < 4.78 is 1.64. The molecule has 0 unspecified atom stereocenters. The van der Waals surface area contributed by atoms with Crippen LogP contribution in [0.5, 0.6) is 0 Å². The van der Waals surface area contributed by atoms with Crippen LogP contribution in [0.3, 0.4) is 0 Å². The van der Waals surface area contributed by atoms with E-state index in [0.29, 0.717) is 16.4 Å². The molecule has 1 heterocycles. The van der Waals surface area contributed by atoms with Gasteiger partial charge in [-0.25, -0.2) is 0 Å². The molecule has 6 nitrogen and oxygen atoms in total. The van der Waals surface area contributed by atoms with Crippen LogP contribution in [0.1, 0.15) is 22.8 Å². The fraction of sp³-hybridized carbons (Fsp3) is 0.176. The smallest absolute Gasteiger partial charge is 0.255 e. The molecule has 0 atom stereocenters. The topological polar surface area (TPSA) is 72.7 Å². The van der Waals surface area contributed by atoms with E-state index >= 15 is 0 Å². The number of hydrogen-bond acceptors (Lipinski definition) is 5. The van der Waals surface area contributed by atoms with Gasteiger partial charge in [-0.15, -0.1) is 5.10 Å². The van der Waals surface area contributed by atoms with Crippen molar-refractivity contribution in [3.63, 3.8) is 0 Å². The van der Waals surface area contributed by atoms with Gasteiger partial charge in [-0.3, -0.25) is 4.79 Å². The third-order valence-corrected chi connectivity index (χ3v) is 4.22. The lowest BCUT2D eigenvalue weighted by Gasteiger charge is -2.08. The SMILES string of the molecule is CCc1ccc(C(=O)Nc2cccc(-n3nnnc3SC)c2)cc1. The molecular weight excluding hydrogens is 322 g/mol. The lowest BCUT2D eigenvalue weighted by Crippen LogP contribution is -2.12. The van der Waals surface area contributed by atoms with E-state index in [1.54, 1.807) is 4.68 Å². The molecule has 1 N–H and O–H groups in total. The van der Waals surface area contributed by atoms with Crippen LogP contribution < -0.4 is 5.32 Å². The zero-order valence-electron chi connectivity index (χ0n) is 13.4. The van der Waals surface area contributed by atoms with Crippen LogP contribution in [-0.2, 0) is 6.42 Å². The Hall–Kier alpha value is -2.67. The molecule has 0 aliphatic carbocycles. The summed E-state index contributed by atoms with van der Waals surface area (Å²) in [6, 6.07) is 15.0. The minimum Gasteiger partial charge on any atom is -0.322 e. The van der Waals surface area contributed by atoms with E-state index < -0.39 is 0 Å². The fourth-order valence-corrected chi connectivity index (χ4v) is 2.71. The van der Waals surface area contributed by atoms with Crippen LogP contribution in [0.15, 0.2) is 53.7 Å². The number of hydrogen-bond donors (Lipinski definition) is 1. The molecule has 0 aliphatic heterocycles. The third kappa shape index (κ3) is 3.46. The van der Waals surface area contributed by atoms with E-state index in [0.717, 1.165) is 12.1 Å². The van der Waals surface area contributed by atoms with Gasteiger partial charge >= 0.3 is 0 Å². The lowest BCUT2D eigenvalue weighted by molar-refractivity contribution is 0.102. The first-order chi connectivity index (χ1) is 11.7. The van der Waals surface area contributed by atoms with Gasteiger partial charge in [0.25, 0.3) is 5.91 Å². The predicted octanol–water partition coefficient (Wildman–Crippen LogP) is 3.20. The minimum atomic E-state index is -0.142. The molecule has 0 fully saturated rings. The van der Waals surface area contributed by atoms with Crippen LogP contribution in [0.4, 0.5) is 5.69 Å². The Kier molecular flexibility index (Phi) is 4.90. The van der Waals surface area contributed by atoms with Crippen molar-refractivity contribution in [2.24, 2.45) is 0 Å². The van der Waals surface area contributed by atoms with E-state index in [-0.39, 0.29) is 5.91 Å². The Morgan fingerprint density at radius 3 is 2.71 bits per heavy atom. The maximum absolute atomic E-state index is 12.4. The number of nitrogens with one attached hydrogen (secondary N) is 1. The van der Waals surface area contributed by atoms with Crippen molar-refractivity contribution in [1.82, 2.24) is 20.2 Å². The number of benzene rings is 2. The highest BCUT2D eigenvalue weighted by Gasteiger charge is 2.09. The molecule has 0 spiro atoms. The lowest BCUT2D eigenvalue weighted by atomic mass is 10.1. The molecule has 1 aromatic heterocycles. The van der Waals surface area contributed by atoms with Crippen LogP contribution in [-0.4, -0.2) is 32.4 Å². The van der Waals surface area contributed by atoms with Gasteiger partial charge in [0.15, 0.2) is 0 Å². The summed E-state index contributed by atoms with van der Waals surface area (Å²) in [5, 5.41) is 15.2. The van der Waals surface area contributed by atoms with E-state index in [1.807, 2.05) is 54.8 Å². The molecule has 3 aromatic rings. The molecule has 0 aliphatic rings. The summed E-state index contributed by atoms with van der Waals surface area (Å²) >= 11 is 1.46. The van der Waals surface area contributed by atoms with Crippen molar-refractivity contribution in [2.45, 2.75) is 18.5 Å². The van der Waals surface area contributed by atoms with Crippen molar-refractivity contribution in [2.75, 3.05) is 11.6 Å². The molecule has 0 bridgehead atoms. The van der Waals surface area contributed by atoms with Gasteiger partial charge in [0, 0.05) is 11.3 Å². The van der Waals surface area contributed by atoms with Gasteiger partial charge in [0.2, 0.25) is 5.16 Å². The highest BCUT2D eigenvalue weighted by atomic mass is 32.2. The van der Waals surface area contributed by atoms with Crippen molar-refractivity contribution in [3.05, 3.63) is 59.7 Å². The largest absolute Gasteiger partial charge is 0.322 e. The Bertz CT molecular complexity index is 844. The van der Waals surface area contributed by atoms with Gasteiger partial charge in [-0.2, -0.15) is 4.68 Å². The normalized spacial score (nSPS) is 10.6. The highest BCUT2D eigenvalue weighted by Crippen LogP contribution is 2.19. The summed E-state index contributed by atoms with van der Waals surface area (Å²) in [7, 11) is 0. The summed E-state index contributed by atoms with van der Waals surface area (Å²) in [5.41, 5.74) is 3.32. The number of amides is 1. The average molecular weight is 339 g/mol. The summed E-state index contributed by atoms with van der Waals surface area (Å²) in [4.78, 5) is 12.4. The Morgan fingerprint density at radius 1 is 1.21 bits per heavy atom. The van der Waals surface area contributed by atoms with Crippen LogP contribution >= 0.6 is 11.8 Å². The molecule has 0 saturated carbocycles. The number of carbonyl (C=O) groups excluding carboxylic acids is 1. The second-order valence-electron chi connectivity index (χ2n) is 5.13. The third-order valence-electron chi connectivity index (χ3n) is 3.60.